The zero-order valence-electron chi connectivity index (χ0n) is 18.4. The summed E-state index contributed by atoms with van der Waals surface area (Å²) in [5.41, 5.74) is 1.45. The Bertz CT molecular complexity index is 1390. The van der Waals surface area contributed by atoms with Crippen LogP contribution < -0.4 is 4.72 Å². The van der Waals surface area contributed by atoms with Crippen molar-refractivity contribution < 1.29 is 30.4 Å². The Balaban J connectivity index is 1.78. The van der Waals surface area contributed by atoms with E-state index in [9.17, 15) is 35.6 Å². The third kappa shape index (κ3) is 5.28. The number of aromatic nitrogens is 3. The van der Waals surface area contributed by atoms with Crippen molar-refractivity contribution in [2.24, 2.45) is 5.92 Å². The number of nitrogens with one attached hydrogen (secondary N) is 1. The lowest BCUT2D eigenvalue weighted by Crippen LogP contribution is -2.43. The quantitative estimate of drug-likeness (QED) is 0.450. The van der Waals surface area contributed by atoms with Gasteiger partial charge in [0.2, 0.25) is 16.4 Å². The van der Waals surface area contributed by atoms with Crippen LogP contribution in [-0.2, 0) is 23.0 Å². The summed E-state index contributed by atoms with van der Waals surface area (Å²) in [7, 11) is -4.56. The predicted octanol–water partition coefficient (Wildman–Crippen LogP) is 4.42. The van der Waals surface area contributed by atoms with Gasteiger partial charge in [0.1, 0.15) is 22.7 Å². The monoisotopic (exact) mass is 513 g/mol. The molecule has 1 fully saturated rings. The molecule has 2 aromatic heterocycles. The van der Waals surface area contributed by atoms with E-state index in [0.29, 0.717) is 41.5 Å². The summed E-state index contributed by atoms with van der Waals surface area (Å²) in [6.07, 6.45) is -4.11. The average Bonchev–Trinajstić information content (AvgIpc) is 3.54. The third-order valence-corrected chi connectivity index (χ3v) is 7.24. The van der Waals surface area contributed by atoms with Crippen molar-refractivity contribution in [2.45, 2.75) is 56.3 Å². The number of benzene rings is 1. The van der Waals surface area contributed by atoms with E-state index in [4.69, 9.17) is 0 Å². The molecule has 1 saturated carbocycles. The molecule has 0 saturated heterocycles. The van der Waals surface area contributed by atoms with Gasteiger partial charge >= 0.3 is 6.18 Å². The Hall–Kier alpha value is -3.11. The average molecular weight is 513 g/mol. The predicted molar refractivity (Wildman–Crippen MR) is 116 cm³/mol. The number of hydrogen-bond acceptors (Lipinski definition) is 5. The van der Waals surface area contributed by atoms with Crippen LogP contribution in [0.15, 0.2) is 35.5 Å². The highest BCUT2D eigenvalue weighted by molar-refractivity contribution is 7.89. The Morgan fingerprint density at radius 2 is 1.89 bits per heavy atom. The molecule has 1 aromatic carbocycles. The van der Waals surface area contributed by atoms with Crippen LogP contribution in [0.25, 0.3) is 22.4 Å². The zero-order chi connectivity index (χ0) is 25.5. The first-order chi connectivity index (χ1) is 16.4. The molecule has 1 N–H and O–H groups in total. The van der Waals surface area contributed by atoms with Crippen molar-refractivity contribution in [1.29, 1.82) is 5.26 Å². The van der Waals surface area contributed by atoms with Gasteiger partial charge in [-0.2, -0.15) is 23.2 Å². The highest BCUT2D eigenvalue weighted by Gasteiger charge is 2.39. The molecule has 0 aliphatic heterocycles. The first-order valence-electron chi connectivity index (χ1n) is 10.7. The van der Waals surface area contributed by atoms with Gasteiger partial charge in [-0.15, -0.1) is 0 Å². The van der Waals surface area contributed by atoms with E-state index < -0.39 is 40.0 Å². The van der Waals surface area contributed by atoms with Gasteiger partial charge in [-0.1, -0.05) is 12.1 Å². The number of halogens is 5. The third-order valence-electron chi connectivity index (χ3n) is 5.74. The summed E-state index contributed by atoms with van der Waals surface area (Å²) in [6.45, 7) is 1.16. The minimum absolute atomic E-state index is 0.00312. The molecule has 4 rings (SSSR count). The molecular weight excluding hydrogens is 493 g/mol. The number of fused-ring (bicyclic) bond motifs is 1. The molecule has 3 aromatic rings. The first-order valence-corrected chi connectivity index (χ1v) is 12.1. The summed E-state index contributed by atoms with van der Waals surface area (Å²) in [5, 5.41) is 10.4. The minimum atomic E-state index is -4.78. The normalized spacial score (nSPS) is 15.5. The molecule has 0 amide bonds. The van der Waals surface area contributed by atoms with Crippen LogP contribution in [-0.4, -0.2) is 41.6 Å². The summed E-state index contributed by atoms with van der Waals surface area (Å²) >= 11 is 0. The van der Waals surface area contributed by atoms with Crippen LogP contribution in [0.1, 0.15) is 30.9 Å². The van der Waals surface area contributed by atoms with Crippen LogP contribution in [0, 0.1) is 17.2 Å². The summed E-state index contributed by atoms with van der Waals surface area (Å²) in [5.74, 6) is 0.319. The lowest BCUT2D eigenvalue weighted by atomic mass is 10.1. The molecule has 2 heterocycles. The fourth-order valence-electron chi connectivity index (χ4n) is 3.74. The molecule has 35 heavy (non-hydrogen) atoms. The topological polar surface area (TPSA) is 101 Å². The fraction of sp³-hybridized carbons (Fsp3) is 0.409. The Labute approximate surface area is 197 Å². The Morgan fingerprint density at radius 3 is 2.43 bits per heavy atom. The van der Waals surface area contributed by atoms with Gasteiger partial charge < -0.3 is 4.57 Å². The molecule has 0 spiro atoms. The summed E-state index contributed by atoms with van der Waals surface area (Å²) < 4.78 is 92.2. The molecule has 1 atom stereocenters. The van der Waals surface area contributed by atoms with Crippen LogP contribution in [0.5, 0.6) is 0 Å². The van der Waals surface area contributed by atoms with E-state index >= 15 is 0 Å². The Kier molecular flexibility index (Phi) is 6.54. The van der Waals surface area contributed by atoms with Crippen LogP contribution in [0.2, 0.25) is 0 Å². The molecule has 7 nitrogen and oxygen atoms in total. The van der Waals surface area contributed by atoms with Crippen molar-refractivity contribution in [3.63, 3.8) is 0 Å². The van der Waals surface area contributed by atoms with Gasteiger partial charge in [0.15, 0.2) is 5.82 Å². The van der Waals surface area contributed by atoms with Crippen molar-refractivity contribution >= 4 is 20.9 Å². The van der Waals surface area contributed by atoms with Gasteiger partial charge in [0.25, 0.3) is 0 Å². The molecule has 1 aliphatic rings. The first kappa shape index (κ1) is 25.0. The second-order valence-corrected chi connectivity index (χ2v) is 10.2. The van der Waals surface area contributed by atoms with Gasteiger partial charge in [0.05, 0.1) is 23.5 Å². The van der Waals surface area contributed by atoms with Crippen molar-refractivity contribution in [2.75, 3.05) is 0 Å². The number of hydrogen-bond donors (Lipinski definition) is 1. The van der Waals surface area contributed by atoms with Crippen molar-refractivity contribution in [3.8, 4) is 17.6 Å². The summed E-state index contributed by atoms with van der Waals surface area (Å²) in [4.78, 5) is 7.52. The van der Waals surface area contributed by atoms with E-state index in [1.165, 1.54) is 10.8 Å². The molecular formula is C22H20F5N5O2S. The maximum absolute atomic E-state index is 12.9. The van der Waals surface area contributed by atoms with Crippen molar-refractivity contribution in [3.05, 3.63) is 41.7 Å². The van der Waals surface area contributed by atoms with E-state index in [0.717, 1.165) is 25.2 Å². The zero-order valence-corrected chi connectivity index (χ0v) is 19.2. The standard InChI is InChI=1S/C22H20F5N5O2S/c1-12(22(25,26)27)31-35(33,34)15-9-29-21(30-10-15)20-17(8-28)16-5-4-14(7-19(23)24)6-18(16)32(20)11-13-2-3-13/h4-6,9-10,12-13,19,31H,2-3,7,11H2,1H3. The van der Waals surface area contributed by atoms with Crippen LogP contribution in [0.4, 0.5) is 22.0 Å². The minimum Gasteiger partial charge on any atom is -0.336 e. The number of nitrogens with zero attached hydrogens (tertiary/aromatic N) is 4. The molecule has 0 bridgehead atoms. The molecule has 186 valence electrons. The highest BCUT2D eigenvalue weighted by atomic mass is 32.2. The lowest BCUT2D eigenvalue weighted by Gasteiger charge is -2.17. The largest absolute Gasteiger partial charge is 0.404 e. The maximum Gasteiger partial charge on any atom is 0.404 e. The van der Waals surface area contributed by atoms with E-state index in [1.807, 2.05) is 0 Å². The second kappa shape index (κ2) is 9.16. The van der Waals surface area contributed by atoms with Gasteiger partial charge in [-0.05, 0) is 37.3 Å². The van der Waals surface area contributed by atoms with Gasteiger partial charge in [-0.3, -0.25) is 0 Å². The van der Waals surface area contributed by atoms with E-state index in [2.05, 4.69) is 16.0 Å². The highest BCUT2D eigenvalue weighted by Crippen LogP contribution is 2.38. The maximum atomic E-state index is 12.9. The number of nitriles is 1. The molecule has 0 radical (unpaired) electrons. The second-order valence-electron chi connectivity index (χ2n) is 8.46. The smallest absolute Gasteiger partial charge is 0.336 e. The molecule has 1 aliphatic carbocycles. The van der Waals surface area contributed by atoms with E-state index in [-0.39, 0.29) is 11.4 Å². The van der Waals surface area contributed by atoms with Crippen LogP contribution >= 0.6 is 0 Å². The number of sulfonamides is 1. The Morgan fingerprint density at radius 1 is 1.23 bits per heavy atom. The van der Waals surface area contributed by atoms with E-state index in [1.54, 1.807) is 16.7 Å². The number of alkyl halides is 5. The van der Waals surface area contributed by atoms with Gasteiger partial charge in [0, 0.05) is 18.4 Å². The number of rotatable bonds is 8. The lowest BCUT2D eigenvalue weighted by molar-refractivity contribution is -0.147. The molecule has 1 unspecified atom stereocenters. The SMILES string of the molecule is CC(NS(=O)(=O)c1cnc(-c2c(C#N)c3ccc(CC(F)F)cc3n2CC2CC2)nc1)C(F)(F)F. The van der Waals surface area contributed by atoms with Gasteiger partial charge in [-0.25, -0.2) is 27.2 Å². The van der Waals surface area contributed by atoms with Crippen molar-refractivity contribution in [1.82, 2.24) is 19.3 Å². The molecule has 13 heteroatoms. The van der Waals surface area contributed by atoms with Crippen LogP contribution in [0.3, 0.4) is 0 Å². The fourth-order valence-corrected chi connectivity index (χ4v) is 4.86. The summed E-state index contributed by atoms with van der Waals surface area (Å²) in [6, 6.07) is 4.47.